The van der Waals surface area contributed by atoms with Crippen LogP contribution in [-0.4, -0.2) is 31.6 Å². The number of alkyl halides is 3. The molecular weight excluding hydrogens is 307 g/mol. The van der Waals surface area contributed by atoms with Crippen molar-refractivity contribution < 1.29 is 23.1 Å². The largest absolute Gasteiger partial charge is 0.481 e. The molecule has 112 valence electrons. The Morgan fingerprint density at radius 3 is 2.67 bits per heavy atom. The Bertz CT molecular complexity index is 653. The first-order chi connectivity index (χ1) is 9.77. The summed E-state index contributed by atoms with van der Waals surface area (Å²) >= 11 is 1.02. The van der Waals surface area contributed by atoms with Crippen molar-refractivity contribution in [2.75, 3.05) is 5.75 Å². The number of nitrogens with zero attached hydrogens (tertiary/aromatic N) is 3. The van der Waals surface area contributed by atoms with Crippen molar-refractivity contribution in [3.63, 3.8) is 0 Å². The molecule has 0 bridgehead atoms. The highest BCUT2D eigenvalue weighted by atomic mass is 32.2. The minimum Gasteiger partial charge on any atom is -0.481 e. The molecule has 5 nitrogen and oxygen atoms in total. The zero-order valence-electron chi connectivity index (χ0n) is 10.8. The predicted octanol–water partition coefficient (Wildman–Crippen LogP) is 2.77. The Morgan fingerprint density at radius 1 is 1.43 bits per heavy atom. The Morgan fingerprint density at radius 2 is 2.14 bits per heavy atom. The molecule has 2 aromatic rings. The van der Waals surface area contributed by atoms with Crippen LogP contribution < -0.4 is 0 Å². The van der Waals surface area contributed by atoms with E-state index < -0.39 is 17.7 Å². The number of thioether (sulfide) groups is 1. The molecule has 0 spiro atoms. The lowest BCUT2D eigenvalue weighted by atomic mass is 10.3. The third-order valence-corrected chi connectivity index (χ3v) is 3.41. The highest BCUT2D eigenvalue weighted by Crippen LogP contribution is 2.29. The van der Waals surface area contributed by atoms with Crippen molar-refractivity contribution in [2.24, 2.45) is 0 Å². The normalized spacial score (nSPS) is 11.6. The van der Waals surface area contributed by atoms with E-state index in [-0.39, 0.29) is 11.6 Å². The van der Waals surface area contributed by atoms with Crippen molar-refractivity contribution in [3.05, 3.63) is 35.7 Å². The number of carbonyl (C=O) groups is 1. The first-order valence-electron chi connectivity index (χ1n) is 5.72. The van der Waals surface area contributed by atoms with Crippen LogP contribution in [0.4, 0.5) is 13.2 Å². The van der Waals surface area contributed by atoms with Crippen LogP contribution in [-0.2, 0) is 11.0 Å². The summed E-state index contributed by atoms with van der Waals surface area (Å²) in [6.45, 7) is 1.70. The van der Waals surface area contributed by atoms with Crippen LogP contribution in [0.1, 0.15) is 11.3 Å². The van der Waals surface area contributed by atoms with Crippen LogP contribution in [0, 0.1) is 6.92 Å². The van der Waals surface area contributed by atoms with Crippen molar-refractivity contribution >= 4 is 17.7 Å². The number of hydrogen-bond acceptors (Lipinski definition) is 4. The molecule has 0 aromatic carbocycles. The molecule has 0 saturated heterocycles. The summed E-state index contributed by atoms with van der Waals surface area (Å²) in [5.74, 6) is -0.971. The summed E-state index contributed by atoms with van der Waals surface area (Å²) in [7, 11) is 0. The summed E-state index contributed by atoms with van der Waals surface area (Å²) in [5.41, 5.74) is -0.237. The first kappa shape index (κ1) is 15.4. The molecule has 0 fully saturated rings. The molecule has 0 saturated carbocycles. The first-order valence-corrected chi connectivity index (χ1v) is 6.71. The van der Waals surface area contributed by atoms with Gasteiger partial charge in [0.15, 0.2) is 5.82 Å². The molecule has 0 aliphatic carbocycles. The van der Waals surface area contributed by atoms with Gasteiger partial charge in [-0.25, -0.2) is 9.67 Å². The van der Waals surface area contributed by atoms with Gasteiger partial charge in [-0.1, -0.05) is 11.8 Å². The number of aryl methyl sites for hydroxylation is 1. The fraction of sp³-hybridized carbons (Fsp3) is 0.250. The summed E-state index contributed by atoms with van der Waals surface area (Å²) in [6.07, 6.45) is -3.73. The molecule has 0 atom stereocenters. The summed E-state index contributed by atoms with van der Waals surface area (Å²) in [5, 5.41) is 13.3. The highest BCUT2D eigenvalue weighted by molar-refractivity contribution is 7.99. The number of pyridine rings is 1. The zero-order valence-corrected chi connectivity index (χ0v) is 11.6. The fourth-order valence-corrected chi connectivity index (χ4v) is 2.34. The average molecular weight is 317 g/mol. The summed E-state index contributed by atoms with van der Waals surface area (Å²) < 4.78 is 38.8. The monoisotopic (exact) mass is 317 g/mol. The van der Waals surface area contributed by atoms with Crippen LogP contribution in [0.15, 0.2) is 29.4 Å². The van der Waals surface area contributed by atoms with Crippen LogP contribution in [0.5, 0.6) is 0 Å². The molecule has 2 rings (SSSR count). The topological polar surface area (TPSA) is 68.0 Å². The maximum Gasteiger partial charge on any atom is 0.417 e. The quantitative estimate of drug-likeness (QED) is 0.878. The highest BCUT2D eigenvalue weighted by Gasteiger charge is 2.30. The van der Waals surface area contributed by atoms with E-state index >= 15 is 0 Å². The van der Waals surface area contributed by atoms with E-state index in [1.54, 1.807) is 13.0 Å². The van der Waals surface area contributed by atoms with Crippen molar-refractivity contribution in [3.8, 4) is 5.82 Å². The lowest BCUT2D eigenvalue weighted by Gasteiger charge is -2.08. The molecular formula is C12H10F3N3O2S. The minimum absolute atomic E-state index is 0.175. The van der Waals surface area contributed by atoms with Gasteiger partial charge in [0.1, 0.15) is 5.03 Å². The second-order valence-corrected chi connectivity index (χ2v) is 5.12. The van der Waals surface area contributed by atoms with Gasteiger partial charge in [0.25, 0.3) is 0 Å². The number of aliphatic carboxylic acids is 1. The number of rotatable bonds is 4. The van der Waals surface area contributed by atoms with Crippen LogP contribution >= 0.6 is 11.8 Å². The maximum atomic E-state index is 12.5. The van der Waals surface area contributed by atoms with Crippen molar-refractivity contribution in [1.82, 2.24) is 14.8 Å². The standard InChI is InChI=1S/C12H10F3N3O2S/c1-7-4-10(21-6-11(19)20)18(17-7)9-3-2-8(5-16-9)12(13,14)15/h2-5H,6H2,1H3,(H,19,20). The lowest BCUT2D eigenvalue weighted by Crippen LogP contribution is -2.08. The van der Waals surface area contributed by atoms with Gasteiger partial charge in [-0.2, -0.15) is 18.3 Å². The smallest absolute Gasteiger partial charge is 0.417 e. The van der Waals surface area contributed by atoms with Crippen LogP contribution in [0.3, 0.4) is 0 Å². The van der Waals surface area contributed by atoms with Gasteiger partial charge >= 0.3 is 12.1 Å². The molecule has 9 heteroatoms. The Balaban J connectivity index is 2.31. The van der Waals surface area contributed by atoms with Gasteiger partial charge in [0.05, 0.1) is 17.0 Å². The molecule has 2 heterocycles. The fourth-order valence-electron chi connectivity index (χ4n) is 1.56. The van der Waals surface area contributed by atoms with E-state index in [4.69, 9.17) is 5.11 Å². The van der Waals surface area contributed by atoms with Crippen LogP contribution in [0.2, 0.25) is 0 Å². The minimum atomic E-state index is -4.45. The average Bonchev–Trinajstić information content (AvgIpc) is 2.77. The molecule has 2 aromatic heterocycles. The van der Waals surface area contributed by atoms with E-state index in [2.05, 4.69) is 10.1 Å². The molecule has 0 amide bonds. The lowest BCUT2D eigenvalue weighted by molar-refractivity contribution is -0.138. The van der Waals surface area contributed by atoms with Crippen molar-refractivity contribution in [2.45, 2.75) is 18.1 Å². The van der Waals surface area contributed by atoms with Gasteiger partial charge in [-0.15, -0.1) is 0 Å². The maximum absolute atomic E-state index is 12.5. The second kappa shape index (κ2) is 5.76. The number of halogens is 3. The third-order valence-electron chi connectivity index (χ3n) is 2.43. The van der Waals surface area contributed by atoms with E-state index in [1.807, 2.05) is 0 Å². The third kappa shape index (κ3) is 3.75. The second-order valence-electron chi connectivity index (χ2n) is 4.12. The number of aromatic nitrogens is 3. The molecule has 0 aliphatic heterocycles. The number of carboxylic acids is 1. The zero-order chi connectivity index (χ0) is 15.6. The van der Waals surface area contributed by atoms with Crippen LogP contribution in [0.25, 0.3) is 5.82 Å². The van der Waals surface area contributed by atoms with E-state index in [0.29, 0.717) is 10.7 Å². The van der Waals surface area contributed by atoms with E-state index in [0.717, 1.165) is 24.0 Å². The molecule has 1 N–H and O–H groups in total. The molecule has 21 heavy (non-hydrogen) atoms. The van der Waals surface area contributed by atoms with E-state index in [9.17, 15) is 18.0 Å². The Kier molecular flexibility index (Phi) is 4.21. The number of carboxylic acid groups (broad SMARTS) is 1. The molecule has 0 aliphatic rings. The summed E-state index contributed by atoms with van der Waals surface area (Å²) in [4.78, 5) is 14.3. The van der Waals surface area contributed by atoms with Gasteiger partial charge in [-0.3, -0.25) is 4.79 Å². The van der Waals surface area contributed by atoms with Gasteiger partial charge in [0.2, 0.25) is 0 Å². The molecule has 0 unspecified atom stereocenters. The SMILES string of the molecule is Cc1cc(SCC(=O)O)n(-c2ccc(C(F)(F)F)cn2)n1. The van der Waals surface area contributed by atoms with Crippen molar-refractivity contribution in [1.29, 1.82) is 0 Å². The Hall–Kier alpha value is -2.03. The summed E-state index contributed by atoms with van der Waals surface area (Å²) in [6, 6.07) is 3.75. The van der Waals surface area contributed by atoms with Gasteiger partial charge in [0, 0.05) is 6.20 Å². The van der Waals surface area contributed by atoms with E-state index in [1.165, 1.54) is 10.7 Å². The number of hydrogen-bond donors (Lipinski definition) is 1. The molecule has 0 radical (unpaired) electrons. The Labute approximate surface area is 121 Å². The predicted molar refractivity (Wildman–Crippen MR) is 69.5 cm³/mol. The van der Waals surface area contributed by atoms with Gasteiger partial charge in [-0.05, 0) is 25.1 Å². The van der Waals surface area contributed by atoms with Gasteiger partial charge < -0.3 is 5.11 Å².